The highest BCUT2D eigenvalue weighted by Gasteiger charge is 2.25. The number of nitro groups is 2. The van der Waals surface area contributed by atoms with Crippen molar-refractivity contribution in [3.8, 4) is 33.8 Å². The van der Waals surface area contributed by atoms with Crippen LogP contribution in [0.1, 0.15) is 26.3 Å². The number of nitrogens with zero attached hydrogens (tertiary/aromatic N) is 2. The van der Waals surface area contributed by atoms with Gasteiger partial charge in [0.15, 0.2) is 0 Å². The first-order valence-corrected chi connectivity index (χ1v) is 15.2. The van der Waals surface area contributed by atoms with E-state index < -0.39 is 14.0 Å². The molecular weight excluding hydrogens is 512 g/mol. The molecule has 4 aromatic carbocycles. The van der Waals surface area contributed by atoms with Crippen LogP contribution in [0, 0.1) is 20.2 Å². The van der Waals surface area contributed by atoms with E-state index in [1.165, 1.54) is 24.3 Å². The molecule has 0 aliphatic heterocycles. The molecule has 0 amide bonds. The Labute approximate surface area is 229 Å². The van der Waals surface area contributed by atoms with E-state index in [9.17, 15) is 25.3 Å². The van der Waals surface area contributed by atoms with Crippen LogP contribution in [-0.4, -0.2) is 24.0 Å². The van der Waals surface area contributed by atoms with Crippen LogP contribution >= 0.6 is 0 Å². The fraction of sp³-hybridized carbons (Fsp3) is 0.200. The first kappa shape index (κ1) is 29.1. The fourth-order valence-corrected chi connectivity index (χ4v) is 4.84. The average molecular weight is 545 g/mol. The van der Waals surface area contributed by atoms with Gasteiger partial charge in [0.1, 0.15) is 11.5 Å². The third kappa shape index (κ3) is 7.29. The van der Waals surface area contributed by atoms with Crippen molar-refractivity contribution in [2.75, 3.05) is 0 Å². The Morgan fingerprint density at radius 1 is 0.718 bits per heavy atom. The van der Waals surface area contributed by atoms with Crippen LogP contribution in [0.5, 0.6) is 11.5 Å². The van der Waals surface area contributed by atoms with Gasteiger partial charge in [0.2, 0.25) is 9.04 Å². The zero-order valence-corrected chi connectivity index (χ0v) is 23.8. The highest BCUT2D eigenvalue weighted by Crippen LogP contribution is 2.42. The molecule has 0 unspecified atom stereocenters. The molecule has 4 rings (SSSR count). The summed E-state index contributed by atoms with van der Waals surface area (Å²) < 4.78 is 6.21. The number of phenolic OH excluding ortho intramolecular Hbond substituents is 1. The van der Waals surface area contributed by atoms with Gasteiger partial charge in [0.25, 0.3) is 11.4 Å². The molecule has 0 atom stereocenters. The van der Waals surface area contributed by atoms with E-state index in [2.05, 4.69) is 33.9 Å². The lowest BCUT2D eigenvalue weighted by Crippen LogP contribution is -2.19. The van der Waals surface area contributed by atoms with E-state index in [1.54, 1.807) is 42.5 Å². The maximum atomic E-state index is 11.4. The molecule has 0 saturated heterocycles. The summed E-state index contributed by atoms with van der Waals surface area (Å²) in [4.78, 5) is 21.4. The molecule has 4 aromatic rings. The lowest BCUT2D eigenvalue weighted by atomic mass is 9.84. The number of rotatable bonds is 6. The van der Waals surface area contributed by atoms with Gasteiger partial charge in [0, 0.05) is 17.7 Å². The maximum absolute atomic E-state index is 11.4. The number of hydrogen-bond donors (Lipinski definition) is 1. The standard InChI is InChI=1S/C18H23NO3Si.C12H9NO3/c1-18(2,3)15-11-8-10-14(17(15)22-23(4)5)13-9-6-7-12-16(13)19(20)21;14-10-5-3-4-9(8-10)11-6-1-2-7-12(11)13(15)16/h6-12,23H,1-5H3;1-8,14H. The molecule has 0 spiro atoms. The van der Waals surface area contributed by atoms with Gasteiger partial charge >= 0.3 is 0 Å². The summed E-state index contributed by atoms with van der Waals surface area (Å²) >= 11 is 0. The molecule has 0 aliphatic carbocycles. The van der Waals surface area contributed by atoms with Crippen molar-refractivity contribution in [3.63, 3.8) is 0 Å². The first-order chi connectivity index (χ1) is 18.4. The molecule has 0 fully saturated rings. The van der Waals surface area contributed by atoms with Crippen LogP contribution < -0.4 is 4.43 Å². The molecule has 0 radical (unpaired) electrons. The summed E-state index contributed by atoms with van der Waals surface area (Å²) in [5.74, 6) is 0.881. The normalized spacial score (nSPS) is 10.9. The Balaban J connectivity index is 0.000000230. The summed E-state index contributed by atoms with van der Waals surface area (Å²) in [7, 11) is -1.36. The molecule has 0 heterocycles. The molecule has 0 saturated carbocycles. The zero-order valence-electron chi connectivity index (χ0n) is 22.6. The predicted octanol–water partition coefficient (Wildman–Crippen LogP) is 7.89. The van der Waals surface area contributed by atoms with Crippen molar-refractivity contribution in [3.05, 3.63) is 117 Å². The number of nitro benzene ring substituents is 2. The summed E-state index contributed by atoms with van der Waals surface area (Å²) in [6, 6.07) is 25.6. The summed E-state index contributed by atoms with van der Waals surface area (Å²) in [5, 5.41) is 31.5. The van der Waals surface area contributed by atoms with Crippen molar-refractivity contribution >= 4 is 20.4 Å². The Morgan fingerprint density at radius 3 is 1.77 bits per heavy atom. The van der Waals surface area contributed by atoms with Gasteiger partial charge in [-0.2, -0.15) is 0 Å². The molecule has 39 heavy (non-hydrogen) atoms. The third-order valence-corrected chi connectivity index (χ3v) is 6.53. The number of benzene rings is 4. The molecule has 202 valence electrons. The maximum Gasteiger partial charge on any atom is 0.277 e. The number of para-hydroxylation sites is 3. The largest absolute Gasteiger partial charge is 0.546 e. The summed E-state index contributed by atoms with van der Waals surface area (Å²) in [6.45, 7) is 10.6. The molecular formula is C30H32N2O6Si. The van der Waals surface area contributed by atoms with Crippen LogP contribution in [0.3, 0.4) is 0 Å². The van der Waals surface area contributed by atoms with Gasteiger partial charge in [-0.15, -0.1) is 0 Å². The number of aromatic hydroxyl groups is 1. The Bertz CT molecular complexity index is 1480. The van der Waals surface area contributed by atoms with Gasteiger partial charge < -0.3 is 9.53 Å². The van der Waals surface area contributed by atoms with E-state index in [1.807, 2.05) is 24.3 Å². The quantitative estimate of drug-likeness (QED) is 0.150. The smallest absolute Gasteiger partial charge is 0.277 e. The minimum Gasteiger partial charge on any atom is -0.546 e. The Hall–Kier alpha value is -4.50. The molecule has 8 nitrogen and oxygen atoms in total. The van der Waals surface area contributed by atoms with Gasteiger partial charge in [-0.25, -0.2) is 0 Å². The van der Waals surface area contributed by atoms with Crippen molar-refractivity contribution in [1.29, 1.82) is 0 Å². The van der Waals surface area contributed by atoms with Gasteiger partial charge in [0.05, 0.1) is 21.0 Å². The van der Waals surface area contributed by atoms with Gasteiger partial charge in [-0.05, 0) is 53.9 Å². The second-order valence-electron chi connectivity index (χ2n) is 10.2. The topological polar surface area (TPSA) is 116 Å². The van der Waals surface area contributed by atoms with Crippen molar-refractivity contribution in [2.45, 2.75) is 39.3 Å². The van der Waals surface area contributed by atoms with Crippen LogP contribution in [0.2, 0.25) is 13.1 Å². The lowest BCUT2D eigenvalue weighted by Gasteiger charge is -2.26. The summed E-state index contributed by atoms with van der Waals surface area (Å²) in [5.41, 5.74) is 3.66. The lowest BCUT2D eigenvalue weighted by molar-refractivity contribution is -0.384. The molecule has 1 N–H and O–H groups in total. The highest BCUT2D eigenvalue weighted by atomic mass is 28.3. The summed E-state index contributed by atoms with van der Waals surface area (Å²) in [6.07, 6.45) is 0. The van der Waals surface area contributed by atoms with E-state index in [0.29, 0.717) is 16.7 Å². The van der Waals surface area contributed by atoms with E-state index in [4.69, 9.17) is 4.43 Å². The molecule has 0 bridgehead atoms. The van der Waals surface area contributed by atoms with E-state index >= 15 is 0 Å². The molecule has 0 aromatic heterocycles. The second kappa shape index (κ2) is 12.4. The molecule has 0 aliphatic rings. The van der Waals surface area contributed by atoms with Crippen LogP contribution in [0.25, 0.3) is 22.3 Å². The monoisotopic (exact) mass is 544 g/mol. The van der Waals surface area contributed by atoms with E-state index in [-0.39, 0.29) is 27.5 Å². The van der Waals surface area contributed by atoms with Crippen LogP contribution in [-0.2, 0) is 5.41 Å². The SMILES string of the molecule is C[SiH](C)Oc1c(-c2ccccc2[N+](=O)[O-])cccc1C(C)(C)C.O=[N+]([O-])c1ccccc1-c1cccc(O)c1. The van der Waals surface area contributed by atoms with E-state index in [0.717, 1.165) is 16.9 Å². The average Bonchev–Trinajstić information content (AvgIpc) is 2.88. The highest BCUT2D eigenvalue weighted by molar-refractivity contribution is 6.49. The van der Waals surface area contributed by atoms with Crippen LogP contribution in [0.15, 0.2) is 91.0 Å². The second-order valence-corrected chi connectivity index (χ2v) is 12.5. The molecule has 9 heteroatoms. The van der Waals surface area contributed by atoms with Gasteiger partial charge in [-0.1, -0.05) is 75.4 Å². The zero-order chi connectivity index (χ0) is 28.7. The van der Waals surface area contributed by atoms with Crippen molar-refractivity contribution < 1.29 is 19.4 Å². The number of phenols is 1. The first-order valence-electron chi connectivity index (χ1n) is 12.5. The van der Waals surface area contributed by atoms with Crippen molar-refractivity contribution in [2.24, 2.45) is 0 Å². The Kier molecular flexibility index (Phi) is 9.21. The van der Waals surface area contributed by atoms with Crippen molar-refractivity contribution in [1.82, 2.24) is 0 Å². The minimum atomic E-state index is -1.36. The third-order valence-electron chi connectivity index (χ3n) is 5.83. The van der Waals surface area contributed by atoms with Gasteiger partial charge in [-0.3, -0.25) is 20.2 Å². The van der Waals surface area contributed by atoms with Crippen LogP contribution in [0.4, 0.5) is 11.4 Å². The number of hydrogen-bond acceptors (Lipinski definition) is 6. The fourth-order valence-electron chi connectivity index (χ4n) is 4.11. The Morgan fingerprint density at radius 2 is 1.23 bits per heavy atom. The minimum absolute atomic E-state index is 0.0353. The predicted molar refractivity (Wildman–Crippen MR) is 157 cm³/mol.